The Kier molecular flexibility index (Phi) is 1.83. The van der Waals surface area contributed by atoms with Crippen LogP contribution in [-0.2, 0) is 9.36 Å². The normalized spacial score (nSPS) is 44.9. The van der Waals surface area contributed by atoms with Crippen LogP contribution in [0, 0.1) is 17.8 Å². The molecule has 88 valence electrons. The molecule has 0 spiro atoms. The molecule has 0 saturated heterocycles. The van der Waals surface area contributed by atoms with E-state index in [1.807, 2.05) is 0 Å². The van der Waals surface area contributed by atoms with Crippen molar-refractivity contribution in [3.05, 3.63) is 11.6 Å². The second kappa shape index (κ2) is 2.78. The maximum atomic E-state index is 11.6. The molecule has 4 atom stereocenters. The first kappa shape index (κ1) is 10.5. The third kappa shape index (κ3) is 1.04. The van der Waals surface area contributed by atoms with Crippen molar-refractivity contribution in [2.75, 3.05) is 0 Å². The largest absolute Gasteiger partial charge is 0.478 e. The molecular weight excluding hydrogens is 231 g/mol. The van der Waals surface area contributed by atoms with Gasteiger partial charge in [-0.15, -0.1) is 0 Å². The Morgan fingerprint density at radius 3 is 2.62 bits per heavy atom. The van der Waals surface area contributed by atoms with Crippen LogP contribution in [0.2, 0.25) is 0 Å². The van der Waals surface area contributed by atoms with Gasteiger partial charge in [0.1, 0.15) is 0 Å². The molecule has 5 rings (SSSR count). The molecule has 0 aromatic heterocycles. The van der Waals surface area contributed by atoms with Crippen molar-refractivity contribution in [1.29, 1.82) is 0 Å². The van der Waals surface area contributed by atoms with Gasteiger partial charge in [-0.3, -0.25) is 4.57 Å². The predicted octanol–water partition coefficient (Wildman–Crippen LogP) is 0.974. The lowest BCUT2D eigenvalue weighted by Crippen LogP contribution is -2.62. The highest BCUT2D eigenvalue weighted by Gasteiger charge is 2.70. The van der Waals surface area contributed by atoms with Crippen LogP contribution in [0.1, 0.15) is 19.3 Å². The van der Waals surface area contributed by atoms with Gasteiger partial charge in [0.15, 0.2) is 0 Å². The number of carbonyl (C=O) groups is 1. The Morgan fingerprint density at radius 1 is 1.44 bits per heavy atom. The summed E-state index contributed by atoms with van der Waals surface area (Å²) in [5.41, 5.74) is 0.238. The average Bonchev–Trinajstić information content (AvgIpc) is 2.14. The molecule has 0 radical (unpaired) electrons. The van der Waals surface area contributed by atoms with Crippen LogP contribution in [0.25, 0.3) is 0 Å². The Balaban J connectivity index is 2.08. The highest BCUT2D eigenvalue weighted by Crippen LogP contribution is 2.75. The summed E-state index contributed by atoms with van der Waals surface area (Å²) in [6, 6.07) is 0. The van der Waals surface area contributed by atoms with Gasteiger partial charge < -0.3 is 14.9 Å². The van der Waals surface area contributed by atoms with Gasteiger partial charge in [-0.2, -0.15) is 0 Å². The van der Waals surface area contributed by atoms with E-state index in [9.17, 15) is 19.1 Å². The summed E-state index contributed by atoms with van der Waals surface area (Å²) in [4.78, 5) is 30.0. The molecule has 5 aliphatic carbocycles. The lowest BCUT2D eigenvalue weighted by molar-refractivity contribution is -0.136. The summed E-state index contributed by atoms with van der Waals surface area (Å²) < 4.78 is 11.6. The lowest BCUT2D eigenvalue weighted by atomic mass is 9.48. The van der Waals surface area contributed by atoms with Crippen molar-refractivity contribution >= 4 is 13.6 Å². The van der Waals surface area contributed by atoms with Crippen LogP contribution in [0.3, 0.4) is 0 Å². The van der Waals surface area contributed by atoms with E-state index in [1.54, 1.807) is 6.08 Å². The first-order valence-electron chi connectivity index (χ1n) is 5.36. The second-order valence-electron chi connectivity index (χ2n) is 5.22. The number of rotatable bonds is 2. The fraction of sp³-hybridized carbons (Fsp3) is 0.700. The van der Waals surface area contributed by atoms with Crippen molar-refractivity contribution in [2.24, 2.45) is 17.8 Å². The minimum absolute atomic E-state index is 0.0440. The third-order valence-corrected chi connectivity index (χ3v) is 6.27. The molecule has 16 heavy (non-hydrogen) atoms. The zero-order valence-electron chi connectivity index (χ0n) is 8.54. The Morgan fingerprint density at radius 2 is 2.12 bits per heavy atom. The summed E-state index contributed by atoms with van der Waals surface area (Å²) in [5.74, 6) is -1.22. The number of hydrogen-bond donors (Lipinski definition) is 3. The van der Waals surface area contributed by atoms with Gasteiger partial charge in [-0.1, -0.05) is 6.08 Å². The maximum Gasteiger partial charge on any atom is 0.332 e. The Bertz CT molecular complexity index is 450. The zero-order chi connectivity index (χ0) is 11.7. The summed E-state index contributed by atoms with van der Waals surface area (Å²) in [6.45, 7) is 0. The molecule has 0 heterocycles. The van der Waals surface area contributed by atoms with Crippen molar-refractivity contribution in [3.63, 3.8) is 0 Å². The van der Waals surface area contributed by atoms with E-state index in [-0.39, 0.29) is 17.4 Å². The first-order chi connectivity index (χ1) is 7.35. The molecule has 0 aromatic rings. The summed E-state index contributed by atoms with van der Waals surface area (Å²) in [5, 5.41) is 8.01. The monoisotopic (exact) mass is 244 g/mol. The molecule has 4 unspecified atom stereocenters. The van der Waals surface area contributed by atoms with Crippen LogP contribution in [-0.4, -0.2) is 26.0 Å². The van der Waals surface area contributed by atoms with Crippen LogP contribution in [0.4, 0.5) is 0 Å². The molecule has 0 aliphatic heterocycles. The fourth-order valence-corrected chi connectivity index (χ4v) is 5.64. The molecular formula is C10H13O5P. The Labute approximate surface area is 92.3 Å². The zero-order valence-corrected chi connectivity index (χ0v) is 9.43. The molecule has 0 amide bonds. The molecule has 5 nitrogen and oxygen atoms in total. The van der Waals surface area contributed by atoms with Crippen LogP contribution in [0.5, 0.6) is 0 Å². The smallest absolute Gasteiger partial charge is 0.332 e. The van der Waals surface area contributed by atoms with Crippen LogP contribution >= 0.6 is 7.60 Å². The number of carboxylic acid groups (broad SMARTS) is 1. The predicted molar refractivity (Wildman–Crippen MR) is 54.8 cm³/mol. The number of aliphatic carboxylic acids is 1. The van der Waals surface area contributed by atoms with E-state index in [1.165, 1.54) is 0 Å². The molecule has 3 fully saturated rings. The van der Waals surface area contributed by atoms with Crippen molar-refractivity contribution in [2.45, 2.75) is 24.4 Å². The molecule has 3 saturated carbocycles. The highest BCUT2D eigenvalue weighted by atomic mass is 31.2. The average molecular weight is 244 g/mol. The molecule has 3 N–H and O–H groups in total. The number of allylic oxidation sites excluding steroid dienone is 1. The topological polar surface area (TPSA) is 94.8 Å². The molecule has 6 heteroatoms. The maximum absolute atomic E-state index is 11.6. The van der Waals surface area contributed by atoms with Gasteiger partial charge in [0.25, 0.3) is 0 Å². The van der Waals surface area contributed by atoms with Gasteiger partial charge in [-0.25, -0.2) is 4.79 Å². The van der Waals surface area contributed by atoms with E-state index in [4.69, 9.17) is 5.11 Å². The van der Waals surface area contributed by atoms with Crippen molar-refractivity contribution in [1.82, 2.24) is 0 Å². The standard InChI is InChI=1S/C10H13O5P/c11-9(12)7-2-5-1-6-4-10(3-5,8(6)7)16(13,14)15/h2,5-6,8H,1,3-4H2,(H,11,12)(H2,13,14,15). The summed E-state index contributed by atoms with van der Waals surface area (Å²) >= 11 is 0. The molecule has 4 bridgehead atoms. The third-order valence-electron chi connectivity index (χ3n) is 4.46. The van der Waals surface area contributed by atoms with E-state index in [0.29, 0.717) is 12.8 Å². The van der Waals surface area contributed by atoms with Crippen LogP contribution in [0.15, 0.2) is 11.6 Å². The number of hydrogen-bond acceptors (Lipinski definition) is 2. The van der Waals surface area contributed by atoms with E-state index < -0.39 is 24.6 Å². The van der Waals surface area contributed by atoms with E-state index >= 15 is 0 Å². The molecule has 5 aliphatic rings. The fourth-order valence-electron chi connectivity index (χ4n) is 3.98. The van der Waals surface area contributed by atoms with Crippen molar-refractivity contribution < 1.29 is 24.3 Å². The van der Waals surface area contributed by atoms with Gasteiger partial charge >= 0.3 is 13.6 Å². The van der Waals surface area contributed by atoms with E-state index in [0.717, 1.165) is 6.42 Å². The SMILES string of the molecule is O=C(O)C1=CC2CC3CC(P(=O)(O)O)(C2)C13. The van der Waals surface area contributed by atoms with Gasteiger partial charge in [0.05, 0.1) is 5.16 Å². The first-order valence-corrected chi connectivity index (χ1v) is 6.97. The van der Waals surface area contributed by atoms with Gasteiger partial charge in [0.2, 0.25) is 0 Å². The lowest BCUT2D eigenvalue weighted by Gasteiger charge is -2.63. The number of carboxylic acids is 1. The quantitative estimate of drug-likeness (QED) is 0.629. The summed E-state index contributed by atoms with van der Waals surface area (Å²) in [7, 11) is -4.21. The van der Waals surface area contributed by atoms with E-state index in [2.05, 4.69) is 0 Å². The van der Waals surface area contributed by atoms with Crippen LogP contribution < -0.4 is 0 Å². The van der Waals surface area contributed by atoms with Gasteiger partial charge in [-0.05, 0) is 31.1 Å². The Hall–Kier alpha value is -0.640. The van der Waals surface area contributed by atoms with Gasteiger partial charge in [0, 0.05) is 11.5 Å². The minimum atomic E-state index is -4.21. The minimum Gasteiger partial charge on any atom is -0.478 e. The molecule has 0 aromatic carbocycles. The second-order valence-corrected chi connectivity index (χ2v) is 7.20. The summed E-state index contributed by atoms with van der Waals surface area (Å²) in [6.07, 6.45) is 3.54. The van der Waals surface area contributed by atoms with Crippen molar-refractivity contribution in [3.8, 4) is 0 Å². The highest BCUT2D eigenvalue weighted by molar-refractivity contribution is 7.53.